The van der Waals surface area contributed by atoms with Crippen molar-refractivity contribution in [3.63, 3.8) is 0 Å². The average Bonchev–Trinajstić information content (AvgIpc) is 1.70. The van der Waals surface area contributed by atoms with Gasteiger partial charge in [0.25, 0.3) is 0 Å². The molecule has 1 radical (unpaired) electrons. The quantitative estimate of drug-likeness (QED) is 0.695. The molecule has 2 nitrogen and oxygen atoms in total. The lowest BCUT2D eigenvalue weighted by molar-refractivity contribution is 0.0302. The normalized spacial score (nSPS) is 14.6. The zero-order chi connectivity index (χ0) is 13.2. The summed E-state index contributed by atoms with van der Waals surface area (Å²) in [6.07, 6.45) is 0. The van der Waals surface area contributed by atoms with Crippen LogP contribution in [0.4, 0.5) is 0 Å². The van der Waals surface area contributed by atoms with Crippen LogP contribution in [0.1, 0.15) is 62.3 Å². The molecule has 0 aromatic carbocycles. The molecular weight excluding hydrogens is 216 g/mol. The van der Waals surface area contributed by atoms with Crippen LogP contribution in [-0.4, -0.2) is 20.5 Å². The van der Waals surface area contributed by atoms with Crippen LogP contribution in [0.25, 0.3) is 0 Å². The summed E-state index contributed by atoms with van der Waals surface area (Å²) >= 11 is 0. The van der Waals surface area contributed by atoms with Gasteiger partial charge in [0.2, 0.25) is 0 Å². The fourth-order valence-electron chi connectivity index (χ4n) is 1.21. The van der Waals surface area contributed by atoms with E-state index < -0.39 is 9.28 Å². The zero-order valence-electron chi connectivity index (χ0n) is 12.5. The van der Waals surface area contributed by atoms with Crippen molar-refractivity contribution in [1.29, 1.82) is 0 Å². The van der Waals surface area contributed by atoms with E-state index in [1.807, 2.05) is 0 Å². The van der Waals surface area contributed by atoms with Gasteiger partial charge in [0.15, 0.2) is 0 Å². The van der Waals surface area contributed by atoms with Crippen molar-refractivity contribution in [3.05, 3.63) is 0 Å². The van der Waals surface area contributed by atoms with Gasteiger partial charge in [0.05, 0.1) is 0 Å². The molecule has 0 heterocycles. The second-order valence-corrected chi connectivity index (χ2v) is 9.04. The van der Waals surface area contributed by atoms with Crippen LogP contribution in [-0.2, 0) is 8.85 Å². The Balaban J connectivity index is 4.53. The molecule has 0 aliphatic heterocycles. The molecule has 0 saturated carbocycles. The van der Waals surface area contributed by atoms with Crippen LogP contribution < -0.4 is 0 Å². The van der Waals surface area contributed by atoms with E-state index in [0.717, 1.165) is 6.04 Å². The molecule has 0 saturated heterocycles. The first-order valence-corrected chi connectivity index (χ1v) is 7.55. The van der Waals surface area contributed by atoms with Crippen LogP contribution in [0.2, 0.25) is 6.04 Å². The van der Waals surface area contributed by atoms with Gasteiger partial charge in [-0.15, -0.1) is 0 Å². The summed E-state index contributed by atoms with van der Waals surface area (Å²) in [5.74, 6) is 0. The maximum Gasteiger partial charge on any atom is 0.385 e. The minimum atomic E-state index is -1.22. The van der Waals surface area contributed by atoms with E-state index in [4.69, 9.17) is 8.85 Å². The van der Waals surface area contributed by atoms with Crippen molar-refractivity contribution in [1.82, 2.24) is 0 Å². The summed E-state index contributed by atoms with van der Waals surface area (Å²) in [4.78, 5) is 0. The molecule has 0 amide bonds. The number of hydrogen-bond donors (Lipinski definition) is 0. The molecular formula is C13H29O2Si. The summed E-state index contributed by atoms with van der Waals surface area (Å²) in [7, 11) is -1.22. The SMILES string of the molecule is CC(C)(C)C[Si](OC(C)(C)C)OC(C)(C)C. The third-order valence-corrected chi connectivity index (χ3v) is 4.54. The topological polar surface area (TPSA) is 18.5 Å². The molecule has 0 unspecified atom stereocenters. The fourth-order valence-corrected chi connectivity index (χ4v) is 3.63. The van der Waals surface area contributed by atoms with Crippen LogP contribution in [0.3, 0.4) is 0 Å². The van der Waals surface area contributed by atoms with Gasteiger partial charge in [-0.3, -0.25) is 0 Å². The third-order valence-electron chi connectivity index (χ3n) is 1.51. The summed E-state index contributed by atoms with van der Waals surface area (Å²) in [6.45, 7) is 19.2. The summed E-state index contributed by atoms with van der Waals surface area (Å²) in [5, 5.41) is 0. The van der Waals surface area contributed by atoms with Gasteiger partial charge >= 0.3 is 9.28 Å². The van der Waals surface area contributed by atoms with Gasteiger partial charge in [-0.25, -0.2) is 0 Å². The van der Waals surface area contributed by atoms with Gasteiger partial charge in [0.1, 0.15) is 0 Å². The molecule has 0 fully saturated rings. The van der Waals surface area contributed by atoms with Crippen molar-refractivity contribution < 1.29 is 8.85 Å². The summed E-state index contributed by atoms with van der Waals surface area (Å²) in [6, 6.07) is 1.01. The van der Waals surface area contributed by atoms with Gasteiger partial charge in [0, 0.05) is 11.2 Å². The molecule has 0 rings (SSSR count). The first kappa shape index (κ1) is 16.1. The predicted molar refractivity (Wildman–Crippen MR) is 71.7 cm³/mol. The van der Waals surface area contributed by atoms with E-state index in [1.54, 1.807) is 0 Å². The standard InChI is InChI=1S/C13H29O2Si/c1-11(2,3)10-16(14-12(4,5)6)15-13(7,8)9/h10H2,1-9H3. The summed E-state index contributed by atoms with van der Waals surface area (Å²) < 4.78 is 12.1. The van der Waals surface area contributed by atoms with E-state index >= 15 is 0 Å². The number of rotatable bonds is 3. The molecule has 0 spiro atoms. The third kappa shape index (κ3) is 10.6. The molecule has 0 aromatic rings. The van der Waals surface area contributed by atoms with Gasteiger partial charge in [-0.1, -0.05) is 20.8 Å². The molecule has 0 N–H and O–H groups in total. The van der Waals surface area contributed by atoms with Crippen LogP contribution >= 0.6 is 0 Å². The van der Waals surface area contributed by atoms with E-state index in [-0.39, 0.29) is 16.6 Å². The highest BCUT2D eigenvalue weighted by Gasteiger charge is 2.32. The van der Waals surface area contributed by atoms with Crippen molar-refractivity contribution >= 4 is 9.28 Å². The van der Waals surface area contributed by atoms with Crippen molar-refractivity contribution in [2.24, 2.45) is 5.41 Å². The molecule has 3 heteroatoms. The Morgan fingerprint density at radius 3 is 1.19 bits per heavy atom. The minimum absolute atomic E-state index is 0.120. The molecule has 97 valence electrons. The Bertz CT molecular complexity index is 167. The fraction of sp³-hybridized carbons (Fsp3) is 1.00. The monoisotopic (exact) mass is 245 g/mol. The van der Waals surface area contributed by atoms with Gasteiger partial charge < -0.3 is 8.85 Å². The highest BCUT2D eigenvalue weighted by Crippen LogP contribution is 2.27. The second kappa shape index (κ2) is 5.19. The van der Waals surface area contributed by atoms with E-state index in [9.17, 15) is 0 Å². The zero-order valence-corrected chi connectivity index (χ0v) is 13.5. The Morgan fingerprint density at radius 1 is 0.688 bits per heavy atom. The van der Waals surface area contributed by atoms with Gasteiger partial charge in [-0.2, -0.15) is 0 Å². The van der Waals surface area contributed by atoms with Gasteiger partial charge in [-0.05, 0) is 53.0 Å². The van der Waals surface area contributed by atoms with Crippen molar-refractivity contribution in [2.75, 3.05) is 0 Å². The smallest absolute Gasteiger partial charge is 0.385 e. The lowest BCUT2D eigenvalue weighted by Gasteiger charge is -2.33. The average molecular weight is 245 g/mol. The molecule has 16 heavy (non-hydrogen) atoms. The van der Waals surface area contributed by atoms with Crippen molar-refractivity contribution in [3.8, 4) is 0 Å². The minimum Gasteiger partial charge on any atom is -0.388 e. The number of hydrogen-bond acceptors (Lipinski definition) is 2. The Labute approximate surface area is 104 Å². The lowest BCUT2D eigenvalue weighted by Crippen LogP contribution is -2.40. The molecule has 0 aliphatic rings. The first-order valence-electron chi connectivity index (χ1n) is 6.02. The molecule has 0 aromatic heterocycles. The lowest BCUT2D eigenvalue weighted by atomic mass is 10.0. The highest BCUT2D eigenvalue weighted by molar-refractivity contribution is 6.44. The van der Waals surface area contributed by atoms with E-state index in [1.165, 1.54) is 0 Å². The predicted octanol–water partition coefficient (Wildman–Crippen LogP) is 4.15. The first-order chi connectivity index (χ1) is 6.79. The Hall–Kier alpha value is 0.137. The Morgan fingerprint density at radius 2 is 1.00 bits per heavy atom. The van der Waals surface area contributed by atoms with Crippen LogP contribution in [0.5, 0.6) is 0 Å². The van der Waals surface area contributed by atoms with Crippen LogP contribution in [0, 0.1) is 5.41 Å². The largest absolute Gasteiger partial charge is 0.388 e. The summed E-state index contributed by atoms with van der Waals surface area (Å²) in [5.41, 5.74) is 0.0143. The maximum atomic E-state index is 6.07. The van der Waals surface area contributed by atoms with E-state index in [2.05, 4.69) is 62.3 Å². The molecule has 0 bridgehead atoms. The molecule has 0 aliphatic carbocycles. The highest BCUT2D eigenvalue weighted by atomic mass is 28.3. The Kier molecular flexibility index (Phi) is 5.24. The second-order valence-electron chi connectivity index (χ2n) is 7.54. The molecule has 0 atom stereocenters. The van der Waals surface area contributed by atoms with E-state index in [0.29, 0.717) is 0 Å². The van der Waals surface area contributed by atoms with Crippen LogP contribution in [0.15, 0.2) is 0 Å². The maximum absolute atomic E-state index is 6.07. The van der Waals surface area contributed by atoms with Crippen molar-refractivity contribution in [2.45, 2.75) is 79.6 Å².